The Hall–Kier alpha value is -1.88. The molecule has 23 heavy (non-hydrogen) atoms. The van der Waals surface area contributed by atoms with Crippen molar-refractivity contribution in [3.8, 4) is 0 Å². The zero-order chi connectivity index (χ0) is 16.0. The normalized spacial score (nSPS) is 22.1. The summed E-state index contributed by atoms with van der Waals surface area (Å²) in [5, 5.41) is 0. The van der Waals surface area contributed by atoms with Crippen LogP contribution in [0.25, 0.3) is 11.0 Å². The van der Waals surface area contributed by atoms with Crippen LogP contribution in [0.1, 0.15) is 55.2 Å². The van der Waals surface area contributed by atoms with Gasteiger partial charge in [-0.3, -0.25) is 4.79 Å². The topological polar surface area (TPSA) is 75.0 Å². The molecule has 5 nitrogen and oxygen atoms in total. The third-order valence-corrected chi connectivity index (χ3v) is 5.84. The number of primary amides is 1. The van der Waals surface area contributed by atoms with E-state index in [0.29, 0.717) is 11.1 Å². The number of hydrogen-bond donors (Lipinski definition) is 2. The molecule has 0 spiro atoms. The number of carbonyl (C=O) groups excluding carboxylic acids is 1. The summed E-state index contributed by atoms with van der Waals surface area (Å²) in [4.78, 5) is 22.4. The first-order chi connectivity index (χ1) is 11.1. The second-order valence-electron chi connectivity index (χ2n) is 7.33. The molecule has 5 heteroatoms. The Morgan fingerprint density at radius 1 is 1.35 bits per heavy atom. The Labute approximate surface area is 136 Å². The van der Waals surface area contributed by atoms with E-state index in [4.69, 9.17) is 10.7 Å². The van der Waals surface area contributed by atoms with Crippen molar-refractivity contribution in [2.75, 3.05) is 13.1 Å². The van der Waals surface area contributed by atoms with Gasteiger partial charge in [-0.1, -0.05) is 19.4 Å². The Balaban J connectivity index is 1.61. The Bertz CT molecular complexity index is 739. The SMILES string of the molecule is CC1(c2nc3c(C(N)=O)cccc3[nH]2)CCN(C2CCC2)CC1. The first kappa shape index (κ1) is 14.7. The minimum absolute atomic E-state index is 0.0498. The molecule has 0 unspecified atom stereocenters. The highest BCUT2D eigenvalue weighted by Gasteiger charge is 2.37. The van der Waals surface area contributed by atoms with Crippen molar-refractivity contribution in [1.29, 1.82) is 0 Å². The van der Waals surface area contributed by atoms with Gasteiger partial charge in [-0.2, -0.15) is 0 Å². The van der Waals surface area contributed by atoms with Crippen molar-refractivity contribution in [2.24, 2.45) is 5.73 Å². The zero-order valence-electron chi connectivity index (χ0n) is 13.6. The summed E-state index contributed by atoms with van der Waals surface area (Å²) in [6.45, 7) is 4.56. The second kappa shape index (κ2) is 5.34. The van der Waals surface area contributed by atoms with E-state index in [-0.39, 0.29) is 5.41 Å². The highest BCUT2D eigenvalue weighted by Crippen LogP contribution is 2.37. The van der Waals surface area contributed by atoms with E-state index in [1.807, 2.05) is 12.1 Å². The van der Waals surface area contributed by atoms with Gasteiger partial charge in [0, 0.05) is 11.5 Å². The van der Waals surface area contributed by atoms with Crippen LogP contribution >= 0.6 is 0 Å². The van der Waals surface area contributed by atoms with Crippen LogP contribution in [0.4, 0.5) is 0 Å². The molecule has 2 heterocycles. The van der Waals surface area contributed by atoms with Crippen molar-refractivity contribution in [3.63, 3.8) is 0 Å². The zero-order valence-corrected chi connectivity index (χ0v) is 13.6. The first-order valence-corrected chi connectivity index (χ1v) is 8.60. The Morgan fingerprint density at radius 3 is 2.70 bits per heavy atom. The predicted molar refractivity (Wildman–Crippen MR) is 90.4 cm³/mol. The molecular weight excluding hydrogens is 288 g/mol. The molecule has 0 radical (unpaired) electrons. The van der Waals surface area contributed by atoms with Crippen LogP contribution in [0.3, 0.4) is 0 Å². The molecule has 1 amide bonds. The van der Waals surface area contributed by atoms with E-state index in [1.54, 1.807) is 6.07 Å². The molecule has 1 saturated carbocycles. The van der Waals surface area contributed by atoms with Gasteiger partial charge in [-0.05, 0) is 50.9 Å². The number of benzene rings is 1. The van der Waals surface area contributed by atoms with Gasteiger partial charge in [0.15, 0.2) is 0 Å². The van der Waals surface area contributed by atoms with E-state index in [2.05, 4.69) is 16.8 Å². The number of fused-ring (bicyclic) bond motifs is 1. The maximum Gasteiger partial charge on any atom is 0.250 e. The van der Waals surface area contributed by atoms with Gasteiger partial charge >= 0.3 is 0 Å². The Morgan fingerprint density at radius 2 is 2.09 bits per heavy atom. The number of imidazole rings is 1. The summed E-state index contributed by atoms with van der Waals surface area (Å²) in [5.41, 5.74) is 7.63. The van der Waals surface area contributed by atoms with Crippen LogP contribution in [0.2, 0.25) is 0 Å². The second-order valence-corrected chi connectivity index (χ2v) is 7.33. The van der Waals surface area contributed by atoms with Gasteiger partial charge in [-0.25, -0.2) is 4.98 Å². The molecule has 0 atom stereocenters. The summed E-state index contributed by atoms with van der Waals surface area (Å²) in [6, 6.07) is 6.38. The van der Waals surface area contributed by atoms with Crippen molar-refractivity contribution in [1.82, 2.24) is 14.9 Å². The molecule has 1 aliphatic heterocycles. The lowest BCUT2D eigenvalue weighted by molar-refractivity contribution is 0.0753. The number of piperidine rings is 1. The van der Waals surface area contributed by atoms with E-state index in [1.165, 1.54) is 19.3 Å². The number of nitrogens with zero attached hydrogens (tertiary/aromatic N) is 2. The molecule has 2 fully saturated rings. The molecule has 0 bridgehead atoms. The number of aromatic nitrogens is 2. The van der Waals surface area contributed by atoms with Crippen LogP contribution in [-0.2, 0) is 5.41 Å². The fraction of sp³-hybridized carbons (Fsp3) is 0.556. The fourth-order valence-electron chi connectivity index (χ4n) is 3.89. The highest BCUT2D eigenvalue weighted by molar-refractivity contribution is 6.04. The fourth-order valence-corrected chi connectivity index (χ4v) is 3.89. The first-order valence-electron chi connectivity index (χ1n) is 8.60. The maximum absolute atomic E-state index is 11.6. The van der Waals surface area contributed by atoms with E-state index >= 15 is 0 Å². The maximum atomic E-state index is 11.6. The summed E-state index contributed by atoms with van der Waals surface area (Å²) >= 11 is 0. The monoisotopic (exact) mass is 312 g/mol. The summed E-state index contributed by atoms with van der Waals surface area (Å²) in [5.74, 6) is 0.577. The van der Waals surface area contributed by atoms with Gasteiger partial charge in [0.2, 0.25) is 0 Å². The molecule has 1 saturated heterocycles. The third-order valence-electron chi connectivity index (χ3n) is 5.84. The van der Waals surface area contributed by atoms with E-state index < -0.39 is 5.91 Å². The number of aromatic amines is 1. The van der Waals surface area contributed by atoms with E-state index in [0.717, 1.165) is 43.3 Å². The average Bonchev–Trinajstić information content (AvgIpc) is 2.92. The smallest absolute Gasteiger partial charge is 0.250 e. The van der Waals surface area contributed by atoms with Crippen molar-refractivity contribution >= 4 is 16.9 Å². The number of likely N-dealkylation sites (tertiary alicyclic amines) is 1. The van der Waals surface area contributed by atoms with Gasteiger partial charge < -0.3 is 15.6 Å². The van der Waals surface area contributed by atoms with Gasteiger partial charge in [0.05, 0.1) is 11.1 Å². The standard InChI is InChI=1S/C18H24N4O/c1-18(8-10-22(11-9-18)12-4-2-5-12)17-20-14-7-3-6-13(16(19)23)15(14)21-17/h3,6-7,12H,2,4-5,8-11H2,1H3,(H2,19,23)(H,20,21). The number of carbonyl (C=O) groups is 1. The molecular formula is C18H24N4O. The molecule has 4 rings (SSSR count). The van der Waals surface area contributed by atoms with Crippen LogP contribution in [-0.4, -0.2) is 39.9 Å². The predicted octanol–water partition coefficient (Wildman–Crippen LogP) is 2.57. The molecule has 3 N–H and O–H groups in total. The van der Waals surface area contributed by atoms with Gasteiger partial charge in [0.1, 0.15) is 11.3 Å². The van der Waals surface area contributed by atoms with Crippen LogP contribution in [0, 0.1) is 0 Å². The molecule has 2 aromatic rings. The average molecular weight is 312 g/mol. The number of H-pyrrole nitrogens is 1. The van der Waals surface area contributed by atoms with Crippen molar-refractivity contribution in [2.45, 2.75) is 50.5 Å². The minimum Gasteiger partial charge on any atom is -0.366 e. The number of rotatable bonds is 3. The number of nitrogens with one attached hydrogen (secondary N) is 1. The number of amides is 1. The summed E-state index contributed by atoms with van der Waals surface area (Å²) in [6.07, 6.45) is 6.33. The number of nitrogens with two attached hydrogens (primary N) is 1. The van der Waals surface area contributed by atoms with Crippen LogP contribution in [0.15, 0.2) is 18.2 Å². The van der Waals surface area contributed by atoms with Crippen molar-refractivity contribution in [3.05, 3.63) is 29.6 Å². The van der Waals surface area contributed by atoms with Crippen LogP contribution < -0.4 is 5.73 Å². The van der Waals surface area contributed by atoms with E-state index in [9.17, 15) is 4.79 Å². The van der Waals surface area contributed by atoms with Crippen LogP contribution in [0.5, 0.6) is 0 Å². The minimum atomic E-state index is -0.418. The molecule has 1 aromatic carbocycles. The lowest BCUT2D eigenvalue weighted by Gasteiger charge is -2.44. The lowest BCUT2D eigenvalue weighted by Crippen LogP contribution is -2.48. The quantitative estimate of drug-likeness (QED) is 0.914. The highest BCUT2D eigenvalue weighted by atomic mass is 16.1. The summed E-state index contributed by atoms with van der Waals surface area (Å²) in [7, 11) is 0. The molecule has 122 valence electrons. The molecule has 2 aliphatic rings. The molecule has 1 aliphatic carbocycles. The van der Waals surface area contributed by atoms with Crippen molar-refractivity contribution < 1.29 is 4.79 Å². The molecule has 1 aromatic heterocycles. The third kappa shape index (κ3) is 2.43. The lowest BCUT2D eigenvalue weighted by atomic mass is 9.78. The largest absolute Gasteiger partial charge is 0.366 e. The van der Waals surface area contributed by atoms with Gasteiger partial charge in [0.25, 0.3) is 5.91 Å². The number of para-hydroxylation sites is 1. The summed E-state index contributed by atoms with van der Waals surface area (Å²) < 4.78 is 0. The number of hydrogen-bond acceptors (Lipinski definition) is 3. The van der Waals surface area contributed by atoms with Gasteiger partial charge in [-0.15, -0.1) is 0 Å². The Kier molecular flexibility index (Phi) is 3.41.